The molecule has 102 valence electrons. The normalized spacial score (nSPS) is 11.2. The van der Waals surface area contributed by atoms with Gasteiger partial charge >= 0.3 is 0 Å². The van der Waals surface area contributed by atoms with Gasteiger partial charge in [0.2, 0.25) is 5.89 Å². The lowest BCUT2D eigenvalue weighted by Gasteiger charge is -2.03. The summed E-state index contributed by atoms with van der Waals surface area (Å²) in [5, 5.41) is 0.783. The van der Waals surface area contributed by atoms with Gasteiger partial charge in [-0.25, -0.2) is 4.98 Å². The molecular formula is C15H12Cl2N2O. The van der Waals surface area contributed by atoms with E-state index in [4.69, 9.17) is 33.4 Å². The molecule has 20 heavy (non-hydrogen) atoms. The first-order valence-electron chi connectivity index (χ1n) is 6.08. The molecule has 3 aromatic rings. The molecule has 2 aromatic carbocycles. The number of nitrogen functional groups attached to an aromatic ring is 1. The average Bonchev–Trinajstić information content (AvgIpc) is 2.79. The highest BCUT2D eigenvalue weighted by atomic mass is 35.5. The predicted octanol–water partition coefficient (Wildman–Crippen LogP) is 5.00. The maximum atomic E-state index is 6.05. The number of aromatic nitrogens is 1. The second-order valence-corrected chi connectivity index (χ2v) is 5.62. The Bertz CT molecular complexity index is 801. The monoisotopic (exact) mass is 306 g/mol. The molecule has 1 heterocycles. The minimum Gasteiger partial charge on any atom is -0.436 e. The van der Waals surface area contributed by atoms with Crippen molar-refractivity contribution in [1.29, 1.82) is 0 Å². The van der Waals surface area contributed by atoms with Crippen molar-refractivity contribution in [2.75, 3.05) is 5.73 Å². The molecule has 1 aromatic heterocycles. The van der Waals surface area contributed by atoms with Gasteiger partial charge in [-0.05, 0) is 43.2 Å². The van der Waals surface area contributed by atoms with Crippen molar-refractivity contribution < 1.29 is 4.42 Å². The van der Waals surface area contributed by atoms with Crippen molar-refractivity contribution in [1.82, 2.24) is 4.98 Å². The summed E-state index contributed by atoms with van der Waals surface area (Å²) in [4.78, 5) is 4.49. The predicted molar refractivity (Wildman–Crippen MR) is 83.4 cm³/mol. The number of aryl methyl sites for hydroxylation is 2. The summed E-state index contributed by atoms with van der Waals surface area (Å²) in [5.41, 5.74) is 10.6. The number of rotatable bonds is 1. The van der Waals surface area contributed by atoms with Crippen LogP contribution in [0.2, 0.25) is 10.0 Å². The number of oxazole rings is 1. The molecule has 0 saturated carbocycles. The second kappa shape index (κ2) is 4.69. The first-order chi connectivity index (χ1) is 9.45. The first kappa shape index (κ1) is 13.3. The highest BCUT2D eigenvalue weighted by Crippen LogP contribution is 2.34. The number of anilines is 1. The molecule has 0 atom stereocenters. The second-order valence-electron chi connectivity index (χ2n) is 4.80. The van der Waals surface area contributed by atoms with Crippen LogP contribution in [0, 0.1) is 13.8 Å². The Balaban J connectivity index is 2.22. The van der Waals surface area contributed by atoms with Gasteiger partial charge in [0.05, 0.1) is 15.7 Å². The van der Waals surface area contributed by atoms with E-state index >= 15 is 0 Å². The third-order valence-electron chi connectivity index (χ3n) is 3.15. The molecule has 0 amide bonds. The zero-order valence-corrected chi connectivity index (χ0v) is 12.5. The summed E-state index contributed by atoms with van der Waals surface area (Å²) in [7, 11) is 0. The Morgan fingerprint density at radius 2 is 1.70 bits per heavy atom. The molecule has 0 unspecified atom stereocenters. The number of hydrogen-bond donors (Lipinski definition) is 1. The highest BCUT2D eigenvalue weighted by molar-refractivity contribution is 6.39. The van der Waals surface area contributed by atoms with Gasteiger partial charge in [-0.2, -0.15) is 0 Å². The first-order valence-corrected chi connectivity index (χ1v) is 6.84. The maximum Gasteiger partial charge on any atom is 0.227 e. The average molecular weight is 307 g/mol. The van der Waals surface area contributed by atoms with Crippen molar-refractivity contribution >= 4 is 40.0 Å². The van der Waals surface area contributed by atoms with Crippen LogP contribution in [0.15, 0.2) is 28.7 Å². The van der Waals surface area contributed by atoms with Crippen LogP contribution in [0.25, 0.3) is 22.6 Å². The minimum absolute atomic E-state index is 0.361. The van der Waals surface area contributed by atoms with E-state index in [9.17, 15) is 0 Å². The van der Waals surface area contributed by atoms with E-state index in [0.717, 1.165) is 22.2 Å². The summed E-state index contributed by atoms with van der Waals surface area (Å²) in [6, 6.07) is 7.45. The Morgan fingerprint density at radius 1 is 1.05 bits per heavy atom. The number of nitrogens with two attached hydrogens (primary N) is 1. The van der Waals surface area contributed by atoms with Crippen molar-refractivity contribution in [3.63, 3.8) is 0 Å². The van der Waals surface area contributed by atoms with Gasteiger partial charge in [0.1, 0.15) is 5.52 Å². The summed E-state index contributed by atoms with van der Waals surface area (Å²) in [6.07, 6.45) is 0. The Labute approximate surface area is 126 Å². The summed E-state index contributed by atoms with van der Waals surface area (Å²) in [6.45, 7) is 4.02. The van der Waals surface area contributed by atoms with E-state index in [-0.39, 0.29) is 0 Å². The molecule has 0 bridgehead atoms. The van der Waals surface area contributed by atoms with Crippen LogP contribution < -0.4 is 5.73 Å². The standard InChI is InChI=1S/C15H12Cl2N2O/c1-7-3-8(2)14-12(4-7)19-15(20-14)9-5-10(16)13(18)11(17)6-9/h3-6H,18H2,1-2H3. The van der Waals surface area contributed by atoms with Crippen LogP contribution in [0.3, 0.4) is 0 Å². The van der Waals surface area contributed by atoms with Gasteiger partial charge in [0.15, 0.2) is 5.58 Å². The number of halogens is 2. The molecule has 3 rings (SSSR count). The van der Waals surface area contributed by atoms with Crippen molar-refractivity contribution in [3.8, 4) is 11.5 Å². The van der Waals surface area contributed by atoms with E-state index in [2.05, 4.69) is 11.1 Å². The number of fused-ring (bicyclic) bond motifs is 1. The molecule has 0 aliphatic carbocycles. The van der Waals surface area contributed by atoms with E-state index in [1.54, 1.807) is 12.1 Å². The Hall–Kier alpha value is -1.71. The van der Waals surface area contributed by atoms with E-state index in [0.29, 0.717) is 27.2 Å². The fraction of sp³-hybridized carbons (Fsp3) is 0.133. The molecule has 0 spiro atoms. The maximum absolute atomic E-state index is 6.05. The van der Waals surface area contributed by atoms with Gasteiger partial charge in [-0.1, -0.05) is 29.3 Å². The van der Waals surface area contributed by atoms with Crippen molar-refractivity contribution in [2.24, 2.45) is 0 Å². The Morgan fingerprint density at radius 3 is 2.35 bits per heavy atom. The fourth-order valence-corrected chi connectivity index (χ4v) is 2.69. The third kappa shape index (κ3) is 2.13. The van der Waals surface area contributed by atoms with Crippen LogP contribution in [0.4, 0.5) is 5.69 Å². The molecule has 0 fully saturated rings. The van der Waals surface area contributed by atoms with E-state index in [1.807, 2.05) is 19.9 Å². The van der Waals surface area contributed by atoms with Crippen LogP contribution in [0.5, 0.6) is 0 Å². The van der Waals surface area contributed by atoms with Crippen molar-refractivity contribution in [3.05, 3.63) is 45.4 Å². The fourth-order valence-electron chi connectivity index (χ4n) is 2.21. The van der Waals surface area contributed by atoms with Crippen LogP contribution in [-0.4, -0.2) is 4.98 Å². The quantitative estimate of drug-likeness (QED) is 0.644. The highest BCUT2D eigenvalue weighted by Gasteiger charge is 2.13. The Kier molecular flexibility index (Phi) is 3.11. The molecule has 0 saturated heterocycles. The lowest BCUT2D eigenvalue weighted by molar-refractivity contribution is 0.617. The van der Waals surface area contributed by atoms with Gasteiger partial charge < -0.3 is 10.2 Å². The summed E-state index contributed by atoms with van der Waals surface area (Å²) in [5.74, 6) is 0.484. The molecule has 3 nitrogen and oxygen atoms in total. The molecule has 0 aliphatic rings. The van der Waals surface area contributed by atoms with Crippen LogP contribution in [0.1, 0.15) is 11.1 Å². The lowest BCUT2D eigenvalue weighted by Crippen LogP contribution is -1.89. The van der Waals surface area contributed by atoms with Crippen molar-refractivity contribution in [2.45, 2.75) is 13.8 Å². The SMILES string of the molecule is Cc1cc(C)c2oc(-c3cc(Cl)c(N)c(Cl)c3)nc2c1. The summed E-state index contributed by atoms with van der Waals surface area (Å²) >= 11 is 12.1. The van der Waals surface area contributed by atoms with Gasteiger partial charge in [0, 0.05) is 5.56 Å². The number of hydrogen-bond acceptors (Lipinski definition) is 3. The van der Waals surface area contributed by atoms with Crippen LogP contribution in [-0.2, 0) is 0 Å². The van der Waals surface area contributed by atoms with Gasteiger partial charge in [-0.3, -0.25) is 0 Å². The topological polar surface area (TPSA) is 52.0 Å². The lowest BCUT2D eigenvalue weighted by atomic mass is 10.1. The van der Waals surface area contributed by atoms with Crippen LogP contribution >= 0.6 is 23.2 Å². The van der Waals surface area contributed by atoms with Gasteiger partial charge in [0.25, 0.3) is 0 Å². The molecular weight excluding hydrogens is 295 g/mol. The zero-order valence-electron chi connectivity index (χ0n) is 11.0. The molecule has 0 radical (unpaired) electrons. The summed E-state index contributed by atoms with van der Waals surface area (Å²) < 4.78 is 5.82. The van der Waals surface area contributed by atoms with Gasteiger partial charge in [-0.15, -0.1) is 0 Å². The molecule has 0 aliphatic heterocycles. The molecule has 2 N–H and O–H groups in total. The minimum atomic E-state index is 0.361. The van der Waals surface area contributed by atoms with E-state index in [1.165, 1.54) is 0 Å². The third-order valence-corrected chi connectivity index (χ3v) is 3.77. The number of benzene rings is 2. The van der Waals surface area contributed by atoms with E-state index < -0.39 is 0 Å². The largest absolute Gasteiger partial charge is 0.436 e. The number of nitrogens with zero attached hydrogens (tertiary/aromatic N) is 1. The smallest absolute Gasteiger partial charge is 0.227 e. The molecule has 5 heteroatoms. The zero-order chi connectivity index (χ0) is 14.4.